The zero-order valence-corrected chi connectivity index (χ0v) is 13.7. The van der Waals surface area contributed by atoms with E-state index in [4.69, 9.17) is 11.6 Å². The van der Waals surface area contributed by atoms with E-state index in [-0.39, 0.29) is 11.1 Å². The predicted octanol–water partition coefficient (Wildman–Crippen LogP) is 3.96. The fourth-order valence-electron chi connectivity index (χ4n) is 1.42. The quantitative estimate of drug-likeness (QED) is 0.911. The molecule has 0 bridgehead atoms. The number of nitrogens with one attached hydrogen (secondary N) is 1. The van der Waals surface area contributed by atoms with Gasteiger partial charge in [0.05, 0.1) is 20.8 Å². The molecule has 1 rings (SSSR count). The fourth-order valence-corrected chi connectivity index (χ4v) is 2.57. The van der Waals surface area contributed by atoms with Gasteiger partial charge in [-0.3, -0.25) is 4.98 Å². The molecular weight excluding hydrogens is 306 g/mol. The van der Waals surface area contributed by atoms with Gasteiger partial charge < -0.3 is 0 Å². The lowest BCUT2D eigenvalue weighted by Gasteiger charge is -2.22. The Hall–Kier alpha value is -0.590. The molecule has 0 amide bonds. The van der Waals surface area contributed by atoms with Crippen LogP contribution < -0.4 is 4.72 Å². The van der Waals surface area contributed by atoms with Crippen LogP contribution in [-0.2, 0) is 16.9 Å². The molecule has 0 fully saturated rings. The predicted molar refractivity (Wildman–Crippen MR) is 78.3 cm³/mol. The summed E-state index contributed by atoms with van der Waals surface area (Å²) in [6.07, 6.45) is 1.33. The van der Waals surface area contributed by atoms with Gasteiger partial charge in [0.25, 0.3) is 5.92 Å². The molecule has 1 aromatic heterocycles. The lowest BCUT2D eigenvalue weighted by Crippen LogP contribution is -2.34. The van der Waals surface area contributed by atoms with Crippen molar-refractivity contribution in [3.05, 3.63) is 28.5 Å². The van der Waals surface area contributed by atoms with E-state index < -0.39 is 27.3 Å². The van der Waals surface area contributed by atoms with Crippen LogP contribution >= 0.6 is 11.6 Å². The molecule has 1 unspecified atom stereocenters. The van der Waals surface area contributed by atoms with Crippen molar-refractivity contribution >= 4 is 22.6 Å². The lowest BCUT2D eigenvalue weighted by molar-refractivity contribution is 0.0128. The first-order chi connectivity index (χ1) is 8.93. The molecule has 0 aliphatic heterocycles. The van der Waals surface area contributed by atoms with E-state index in [0.717, 1.165) is 6.92 Å². The Morgan fingerprint density at radius 2 is 1.90 bits per heavy atom. The van der Waals surface area contributed by atoms with E-state index in [0.29, 0.717) is 5.56 Å². The Labute approximate surface area is 125 Å². The van der Waals surface area contributed by atoms with Crippen molar-refractivity contribution in [2.45, 2.75) is 51.3 Å². The van der Waals surface area contributed by atoms with E-state index in [1.165, 1.54) is 12.3 Å². The molecule has 2 atom stereocenters. The van der Waals surface area contributed by atoms with Crippen LogP contribution in [0.4, 0.5) is 8.78 Å². The average Bonchev–Trinajstić information content (AvgIpc) is 2.25. The van der Waals surface area contributed by atoms with Crippen molar-refractivity contribution in [1.29, 1.82) is 0 Å². The summed E-state index contributed by atoms with van der Waals surface area (Å²) < 4.78 is 40.9. The highest BCUT2D eigenvalue weighted by Crippen LogP contribution is 2.32. The van der Waals surface area contributed by atoms with Crippen LogP contribution in [0.15, 0.2) is 12.3 Å². The van der Waals surface area contributed by atoms with Crippen LogP contribution in [0.1, 0.15) is 51.9 Å². The Morgan fingerprint density at radius 1 is 1.35 bits per heavy atom. The number of aromatic nitrogens is 1. The van der Waals surface area contributed by atoms with Crippen LogP contribution in [0.5, 0.6) is 0 Å². The molecule has 1 aromatic rings. The second-order valence-corrected chi connectivity index (χ2v) is 8.11. The van der Waals surface area contributed by atoms with Crippen molar-refractivity contribution < 1.29 is 13.0 Å². The monoisotopic (exact) mass is 324 g/mol. The third-order valence-corrected chi connectivity index (χ3v) is 4.59. The normalized spacial score (nSPS) is 16.0. The highest BCUT2D eigenvalue weighted by atomic mass is 35.5. The number of hydrogen-bond acceptors (Lipinski definition) is 2. The summed E-state index contributed by atoms with van der Waals surface area (Å²) in [5.74, 6) is -3.08. The summed E-state index contributed by atoms with van der Waals surface area (Å²) in [6.45, 7) is 8.05. The topological polar surface area (TPSA) is 42.0 Å². The molecular formula is C13H19ClF2N2OS. The van der Waals surface area contributed by atoms with Crippen molar-refractivity contribution in [3.63, 3.8) is 0 Å². The lowest BCUT2D eigenvalue weighted by atomic mass is 10.1. The summed E-state index contributed by atoms with van der Waals surface area (Å²) in [6, 6.07) is 1.12. The number of alkyl halides is 2. The highest BCUT2D eigenvalue weighted by Gasteiger charge is 2.30. The Morgan fingerprint density at radius 3 is 2.30 bits per heavy atom. The van der Waals surface area contributed by atoms with Gasteiger partial charge in [-0.05, 0) is 39.3 Å². The summed E-state index contributed by atoms with van der Waals surface area (Å²) in [5.41, 5.74) is 0.160. The summed E-state index contributed by atoms with van der Waals surface area (Å²) in [7, 11) is -1.27. The number of pyridine rings is 1. The minimum Gasteiger partial charge on any atom is -0.253 e. The number of hydrogen-bond donors (Lipinski definition) is 1. The van der Waals surface area contributed by atoms with Gasteiger partial charge >= 0.3 is 0 Å². The molecule has 0 aliphatic rings. The van der Waals surface area contributed by atoms with Gasteiger partial charge in [-0.1, -0.05) is 11.6 Å². The van der Waals surface area contributed by atoms with Gasteiger partial charge in [0, 0.05) is 19.2 Å². The average molecular weight is 325 g/mol. The third-order valence-electron chi connectivity index (χ3n) is 2.62. The van der Waals surface area contributed by atoms with Crippen molar-refractivity contribution in [2.24, 2.45) is 0 Å². The molecule has 7 heteroatoms. The van der Waals surface area contributed by atoms with E-state index in [9.17, 15) is 13.0 Å². The number of halogens is 3. The van der Waals surface area contributed by atoms with Gasteiger partial charge in [0.2, 0.25) is 0 Å². The molecule has 1 N–H and O–H groups in total. The summed E-state index contributed by atoms with van der Waals surface area (Å²) >= 11 is 5.84. The Balaban J connectivity index is 2.94. The van der Waals surface area contributed by atoms with E-state index in [2.05, 4.69) is 9.71 Å². The van der Waals surface area contributed by atoms with Crippen LogP contribution in [-0.4, -0.2) is 13.9 Å². The summed E-state index contributed by atoms with van der Waals surface area (Å²) in [5, 5.41) is -0.0924. The first-order valence-corrected chi connectivity index (χ1v) is 7.67. The second-order valence-electron chi connectivity index (χ2n) is 5.71. The molecule has 20 heavy (non-hydrogen) atoms. The molecule has 0 saturated heterocycles. The standard InChI is InChI=1S/C13H19ClF2N2OS/c1-8(18-20(19)12(2,3)4)9-6-10(14)11(17-7-9)13(5,15)16/h6-8,18H,1-5H3/t8-,20?/m0/s1. The molecule has 114 valence electrons. The van der Waals surface area contributed by atoms with Crippen LogP contribution in [0, 0.1) is 0 Å². The maximum atomic E-state index is 13.2. The van der Waals surface area contributed by atoms with Gasteiger partial charge in [-0.15, -0.1) is 0 Å². The first kappa shape index (κ1) is 17.5. The van der Waals surface area contributed by atoms with Crippen molar-refractivity contribution in [2.75, 3.05) is 0 Å². The highest BCUT2D eigenvalue weighted by molar-refractivity contribution is 7.84. The van der Waals surface area contributed by atoms with E-state index in [1.807, 2.05) is 20.8 Å². The molecule has 0 aromatic carbocycles. The molecule has 3 nitrogen and oxygen atoms in total. The minimum atomic E-state index is -3.08. The summed E-state index contributed by atoms with van der Waals surface area (Å²) in [4.78, 5) is 3.72. The van der Waals surface area contributed by atoms with Crippen molar-refractivity contribution in [3.8, 4) is 0 Å². The van der Waals surface area contributed by atoms with Crippen LogP contribution in [0.3, 0.4) is 0 Å². The van der Waals surface area contributed by atoms with E-state index >= 15 is 0 Å². The Kier molecular flexibility index (Phi) is 5.27. The third kappa shape index (κ3) is 4.46. The largest absolute Gasteiger partial charge is 0.288 e. The minimum absolute atomic E-state index is 0.0924. The zero-order chi connectivity index (χ0) is 15.7. The SMILES string of the molecule is C[C@H](NS(=O)C(C)(C)C)c1cnc(C(C)(F)F)c(Cl)c1. The van der Waals surface area contributed by atoms with Gasteiger partial charge in [0.1, 0.15) is 5.69 Å². The molecule has 0 aliphatic carbocycles. The smallest absolute Gasteiger partial charge is 0.253 e. The first-order valence-electron chi connectivity index (χ1n) is 6.14. The molecule has 1 heterocycles. The van der Waals surface area contributed by atoms with Crippen molar-refractivity contribution in [1.82, 2.24) is 9.71 Å². The molecule has 0 saturated carbocycles. The van der Waals surface area contributed by atoms with Gasteiger partial charge in [0.15, 0.2) is 0 Å². The van der Waals surface area contributed by atoms with Crippen LogP contribution in [0.2, 0.25) is 5.02 Å². The Bertz CT molecular complexity index is 512. The number of rotatable bonds is 4. The fraction of sp³-hybridized carbons (Fsp3) is 0.615. The second kappa shape index (κ2) is 6.03. The van der Waals surface area contributed by atoms with Gasteiger partial charge in [-0.2, -0.15) is 8.78 Å². The molecule has 0 spiro atoms. The zero-order valence-electron chi connectivity index (χ0n) is 12.1. The maximum absolute atomic E-state index is 13.2. The van der Waals surface area contributed by atoms with Crippen LogP contribution in [0.25, 0.3) is 0 Å². The number of nitrogens with zero attached hydrogens (tertiary/aromatic N) is 1. The van der Waals surface area contributed by atoms with E-state index in [1.54, 1.807) is 6.92 Å². The van der Waals surface area contributed by atoms with Gasteiger partial charge in [-0.25, -0.2) is 8.93 Å². The maximum Gasteiger partial charge on any atom is 0.288 e. The molecule has 0 radical (unpaired) electrons.